The molecule has 2 aromatic carbocycles. The summed E-state index contributed by atoms with van der Waals surface area (Å²) in [6.45, 7) is 5.37. The van der Waals surface area contributed by atoms with Crippen LogP contribution in [0.4, 0.5) is 18.9 Å². The number of hydrogen-bond acceptors (Lipinski definition) is 3. The van der Waals surface area contributed by atoms with Crippen molar-refractivity contribution in [2.75, 3.05) is 31.9 Å². The average molecular weight is 436 g/mol. The average Bonchev–Trinajstić information content (AvgIpc) is 2.80. The maximum absolute atomic E-state index is 12.7. The van der Waals surface area contributed by atoms with E-state index in [2.05, 4.69) is 15.9 Å². The molecule has 1 aliphatic heterocycles. The number of hydrogen-bond donors (Lipinski definition) is 1. The number of anilines is 1. The third-order valence-electron chi connectivity index (χ3n) is 4.73. The molecule has 8 heteroatoms. The second-order valence-corrected chi connectivity index (χ2v) is 6.85. The van der Waals surface area contributed by atoms with Crippen LogP contribution < -0.4 is 5.73 Å². The Morgan fingerprint density at radius 1 is 0.786 bits per heavy atom. The first-order valence-corrected chi connectivity index (χ1v) is 8.85. The molecule has 0 saturated carbocycles. The van der Waals surface area contributed by atoms with E-state index < -0.39 is 11.7 Å². The van der Waals surface area contributed by atoms with Crippen LogP contribution in [0.25, 0.3) is 0 Å². The van der Waals surface area contributed by atoms with E-state index in [9.17, 15) is 13.2 Å². The highest BCUT2D eigenvalue weighted by Gasteiger charge is 2.30. The number of alkyl halides is 3. The molecule has 1 heterocycles. The zero-order chi connectivity index (χ0) is 18.6. The van der Waals surface area contributed by atoms with Crippen molar-refractivity contribution in [3.63, 3.8) is 0 Å². The summed E-state index contributed by atoms with van der Waals surface area (Å²) in [4.78, 5) is 4.71. The van der Waals surface area contributed by atoms with Crippen LogP contribution in [0.3, 0.4) is 0 Å². The third kappa shape index (κ3) is 7.17. The number of benzene rings is 2. The normalized spacial score (nSPS) is 16.0. The Morgan fingerprint density at radius 2 is 1.36 bits per heavy atom. The molecule has 2 aromatic rings. The van der Waals surface area contributed by atoms with E-state index in [4.69, 9.17) is 5.73 Å². The van der Waals surface area contributed by atoms with Gasteiger partial charge in [0.25, 0.3) is 0 Å². The van der Waals surface area contributed by atoms with Crippen LogP contribution in [0.1, 0.15) is 23.1 Å². The molecule has 0 aliphatic carbocycles. The van der Waals surface area contributed by atoms with Crippen molar-refractivity contribution in [3.05, 3.63) is 65.2 Å². The van der Waals surface area contributed by atoms with E-state index in [1.54, 1.807) is 12.1 Å². The second-order valence-electron chi connectivity index (χ2n) is 6.85. The minimum atomic E-state index is -4.28. The molecule has 3 nitrogen and oxygen atoms in total. The Kier molecular flexibility index (Phi) is 9.57. The SMILES string of the molecule is Cl.Cl.Nc1cccc(CN2CCCN(Cc3ccc(C(F)(F)F)cc3)CC2)c1. The van der Waals surface area contributed by atoms with Gasteiger partial charge in [-0.05, 0) is 54.9 Å². The van der Waals surface area contributed by atoms with Gasteiger partial charge < -0.3 is 5.73 Å². The molecule has 28 heavy (non-hydrogen) atoms. The predicted octanol–water partition coefficient (Wildman–Crippen LogP) is 4.84. The van der Waals surface area contributed by atoms with Gasteiger partial charge in [-0.1, -0.05) is 24.3 Å². The number of nitrogens with zero attached hydrogens (tertiary/aromatic N) is 2. The van der Waals surface area contributed by atoms with Gasteiger partial charge in [0.15, 0.2) is 0 Å². The van der Waals surface area contributed by atoms with Crippen molar-refractivity contribution < 1.29 is 13.2 Å². The van der Waals surface area contributed by atoms with Crippen molar-refractivity contribution in [2.24, 2.45) is 0 Å². The minimum Gasteiger partial charge on any atom is -0.399 e. The first-order valence-electron chi connectivity index (χ1n) is 8.85. The standard InChI is InChI=1S/C20H24F3N3.2ClH/c21-20(22,23)18-7-5-16(6-8-18)14-25-9-2-10-26(12-11-25)15-17-3-1-4-19(24)13-17;;/h1,3-8,13H,2,9-12,14-15,24H2;2*1H. The highest BCUT2D eigenvalue weighted by molar-refractivity contribution is 5.85. The van der Waals surface area contributed by atoms with Gasteiger partial charge in [0.1, 0.15) is 0 Å². The molecule has 1 aliphatic rings. The number of nitrogen functional groups attached to an aromatic ring is 1. The maximum atomic E-state index is 12.7. The number of nitrogens with two attached hydrogens (primary N) is 1. The van der Waals surface area contributed by atoms with Gasteiger partial charge >= 0.3 is 6.18 Å². The lowest BCUT2D eigenvalue weighted by Gasteiger charge is -2.22. The largest absolute Gasteiger partial charge is 0.416 e. The molecule has 3 rings (SSSR count). The van der Waals surface area contributed by atoms with Gasteiger partial charge in [0.2, 0.25) is 0 Å². The summed E-state index contributed by atoms with van der Waals surface area (Å²) in [6, 6.07) is 13.4. The topological polar surface area (TPSA) is 32.5 Å². The molecule has 0 radical (unpaired) electrons. The van der Waals surface area contributed by atoms with Crippen molar-refractivity contribution in [3.8, 4) is 0 Å². The molecule has 1 saturated heterocycles. The first kappa shape index (κ1) is 24.6. The van der Waals surface area contributed by atoms with Crippen molar-refractivity contribution in [1.82, 2.24) is 9.80 Å². The van der Waals surface area contributed by atoms with Crippen molar-refractivity contribution in [1.29, 1.82) is 0 Å². The fourth-order valence-corrected chi connectivity index (χ4v) is 3.35. The van der Waals surface area contributed by atoms with Crippen LogP contribution in [0.15, 0.2) is 48.5 Å². The van der Waals surface area contributed by atoms with Gasteiger partial charge in [-0.25, -0.2) is 0 Å². The Morgan fingerprint density at radius 3 is 1.89 bits per heavy atom. The van der Waals surface area contributed by atoms with E-state index in [1.165, 1.54) is 17.7 Å². The molecular formula is C20H26Cl2F3N3. The summed E-state index contributed by atoms with van der Waals surface area (Å²) >= 11 is 0. The molecule has 0 unspecified atom stereocenters. The molecular weight excluding hydrogens is 410 g/mol. The summed E-state index contributed by atoms with van der Waals surface area (Å²) in [5.74, 6) is 0. The first-order chi connectivity index (χ1) is 12.4. The van der Waals surface area contributed by atoms with Crippen LogP contribution in [0.5, 0.6) is 0 Å². The van der Waals surface area contributed by atoms with Crippen LogP contribution >= 0.6 is 24.8 Å². The second kappa shape index (κ2) is 10.9. The van der Waals surface area contributed by atoms with E-state index in [-0.39, 0.29) is 24.8 Å². The van der Waals surface area contributed by atoms with Gasteiger partial charge in [0, 0.05) is 31.9 Å². The fraction of sp³-hybridized carbons (Fsp3) is 0.400. The fourth-order valence-electron chi connectivity index (χ4n) is 3.35. The molecule has 0 aromatic heterocycles. The summed E-state index contributed by atoms with van der Waals surface area (Å²) < 4.78 is 38.0. The lowest BCUT2D eigenvalue weighted by Crippen LogP contribution is -2.30. The smallest absolute Gasteiger partial charge is 0.399 e. The quantitative estimate of drug-likeness (QED) is 0.697. The zero-order valence-corrected chi connectivity index (χ0v) is 17.1. The van der Waals surface area contributed by atoms with Crippen LogP contribution in [0, 0.1) is 0 Å². The molecule has 0 bridgehead atoms. The van der Waals surface area contributed by atoms with Gasteiger partial charge in [-0.3, -0.25) is 9.80 Å². The Bertz CT molecular complexity index is 723. The van der Waals surface area contributed by atoms with Crippen LogP contribution in [0.2, 0.25) is 0 Å². The van der Waals surface area contributed by atoms with Crippen molar-refractivity contribution >= 4 is 30.5 Å². The van der Waals surface area contributed by atoms with Crippen LogP contribution in [-0.4, -0.2) is 36.0 Å². The van der Waals surface area contributed by atoms with Crippen LogP contribution in [-0.2, 0) is 19.3 Å². The third-order valence-corrected chi connectivity index (χ3v) is 4.73. The van der Waals surface area contributed by atoms with Gasteiger partial charge in [-0.15, -0.1) is 24.8 Å². The molecule has 2 N–H and O–H groups in total. The molecule has 1 fully saturated rings. The number of rotatable bonds is 4. The highest BCUT2D eigenvalue weighted by atomic mass is 35.5. The molecule has 0 amide bonds. The highest BCUT2D eigenvalue weighted by Crippen LogP contribution is 2.29. The zero-order valence-electron chi connectivity index (χ0n) is 15.5. The summed E-state index contributed by atoms with van der Waals surface area (Å²) in [5.41, 5.74) is 8.16. The monoisotopic (exact) mass is 435 g/mol. The van der Waals surface area contributed by atoms with E-state index >= 15 is 0 Å². The Hall–Kier alpha value is -1.47. The summed E-state index contributed by atoms with van der Waals surface area (Å²) in [5, 5.41) is 0. The minimum absolute atomic E-state index is 0. The molecule has 0 atom stereocenters. The summed E-state index contributed by atoms with van der Waals surface area (Å²) in [7, 11) is 0. The lowest BCUT2D eigenvalue weighted by atomic mass is 10.1. The van der Waals surface area contributed by atoms with E-state index in [0.29, 0.717) is 6.54 Å². The molecule has 0 spiro atoms. The van der Waals surface area contributed by atoms with E-state index in [1.807, 2.05) is 18.2 Å². The lowest BCUT2D eigenvalue weighted by molar-refractivity contribution is -0.137. The predicted molar refractivity (Wildman–Crippen MR) is 112 cm³/mol. The molecule has 156 valence electrons. The van der Waals surface area contributed by atoms with Gasteiger partial charge in [0.05, 0.1) is 5.56 Å². The van der Waals surface area contributed by atoms with Gasteiger partial charge in [-0.2, -0.15) is 13.2 Å². The Balaban J connectivity index is 0.00000196. The number of halogens is 5. The maximum Gasteiger partial charge on any atom is 0.416 e. The Labute approximate surface area is 176 Å². The van der Waals surface area contributed by atoms with Crippen molar-refractivity contribution in [2.45, 2.75) is 25.7 Å². The summed E-state index contributed by atoms with van der Waals surface area (Å²) in [6.07, 6.45) is -3.23. The van der Waals surface area contributed by atoms with E-state index in [0.717, 1.165) is 50.4 Å².